The summed E-state index contributed by atoms with van der Waals surface area (Å²) < 4.78 is 28.7. The van der Waals surface area contributed by atoms with E-state index in [1.54, 1.807) is 0 Å². The summed E-state index contributed by atoms with van der Waals surface area (Å²) >= 11 is 0. The number of ether oxygens (including phenoxy) is 2. The average Bonchev–Trinajstić information content (AvgIpc) is 3.01. The zero-order valence-corrected chi connectivity index (χ0v) is 22.3. The van der Waals surface area contributed by atoms with Crippen molar-refractivity contribution in [3.8, 4) is 56.4 Å². The maximum absolute atomic E-state index is 15.5. The molecule has 0 aliphatic carbocycles. The first-order valence-corrected chi connectivity index (χ1v) is 15.0. The van der Waals surface area contributed by atoms with E-state index in [1.165, 1.54) is 0 Å². The molecule has 6 aromatic carbocycles. The molecule has 40 heavy (non-hydrogen) atoms. The Labute approximate surface area is 232 Å². The van der Waals surface area contributed by atoms with Gasteiger partial charge < -0.3 is 14.0 Å². The first-order chi connectivity index (χ1) is 19.7. The molecule has 3 nitrogen and oxygen atoms in total. The van der Waals surface area contributed by atoms with Crippen LogP contribution in [0.3, 0.4) is 0 Å². The Morgan fingerprint density at radius 3 is 1.18 bits per heavy atom. The maximum Gasteiger partial charge on any atom is 0.185 e. The number of hydrogen-bond acceptors (Lipinski definition) is 3. The van der Waals surface area contributed by atoms with Crippen LogP contribution in [-0.4, -0.2) is 0 Å². The summed E-state index contributed by atoms with van der Waals surface area (Å²) in [5, 5.41) is 2.03. The fourth-order valence-corrected chi connectivity index (χ4v) is 8.78. The zero-order chi connectivity index (χ0) is 26.7. The van der Waals surface area contributed by atoms with E-state index in [0.717, 1.165) is 33.4 Å². The third kappa shape index (κ3) is 3.49. The second-order valence-corrected chi connectivity index (χ2v) is 12.7. The molecule has 2 aliphatic heterocycles. The lowest BCUT2D eigenvalue weighted by atomic mass is 10.0. The molecule has 0 fully saturated rings. The number of rotatable bonds is 3. The lowest BCUT2D eigenvalue weighted by molar-refractivity contribution is 0.462. The number of benzene rings is 6. The van der Waals surface area contributed by atoms with Crippen LogP contribution in [0.25, 0.3) is 33.4 Å². The van der Waals surface area contributed by atoms with Crippen molar-refractivity contribution in [2.75, 3.05) is 0 Å². The molecule has 2 aliphatic rings. The van der Waals surface area contributed by atoms with Gasteiger partial charge in [0.2, 0.25) is 0 Å². The minimum absolute atomic E-state index is 0.579. The van der Waals surface area contributed by atoms with Crippen LogP contribution in [0.5, 0.6) is 23.0 Å². The highest BCUT2D eigenvalue weighted by atomic mass is 31.2. The van der Waals surface area contributed by atoms with Gasteiger partial charge in [-0.05, 0) is 69.8 Å². The fraction of sp³-hybridized carbons (Fsp3) is 0. The van der Waals surface area contributed by atoms with Gasteiger partial charge in [0.15, 0.2) is 7.14 Å². The van der Waals surface area contributed by atoms with Crippen LogP contribution in [-0.2, 0) is 4.57 Å². The van der Waals surface area contributed by atoms with Crippen molar-refractivity contribution < 1.29 is 14.0 Å². The van der Waals surface area contributed by atoms with Gasteiger partial charge in [0, 0.05) is 0 Å². The predicted molar refractivity (Wildman–Crippen MR) is 162 cm³/mol. The largest absolute Gasteiger partial charge is 0.456 e. The van der Waals surface area contributed by atoms with E-state index in [2.05, 4.69) is 36.4 Å². The van der Waals surface area contributed by atoms with Crippen LogP contribution in [0, 0.1) is 0 Å². The van der Waals surface area contributed by atoms with Crippen LogP contribution < -0.4 is 25.4 Å². The monoisotopic (exact) mass is 534 g/mol. The molecule has 0 N–H and O–H groups in total. The minimum Gasteiger partial charge on any atom is -0.456 e. The van der Waals surface area contributed by atoms with Crippen molar-refractivity contribution >= 4 is 23.1 Å². The molecule has 6 aromatic rings. The van der Waals surface area contributed by atoms with E-state index in [-0.39, 0.29) is 0 Å². The summed E-state index contributed by atoms with van der Waals surface area (Å²) in [5.74, 6) is 2.40. The quantitative estimate of drug-likeness (QED) is 0.213. The Morgan fingerprint density at radius 1 is 0.375 bits per heavy atom. The highest BCUT2D eigenvalue weighted by Crippen LogP contribution is 2.59. The van der Waals surface area contributed by atoms with Gasteiger partial charge in [-0.1, -0.05) is 103 Å². The van der Waals surface area contributed by atoms with Gasteiger partial charge in [0.05, 0.1) is 10.6 Å². The van der Waals surface area contributed by atoms with E-state index in [0.29, 0.717) is 38.9 Å². The summed E-state index contributed by atoms with van der Waals surface area (Å²) in [6, 6.07) is 46.5. The van der Waals surface area contributed by atoms with Gasteiger partial charge in [0.1, 0.15) is 28.3 Å². The summed E-state index contributed by atoms with van der Waals surface area (Å²) in [5.41, 5.74) is 6.18. The van der Waals surface area contributed by atoms with E-state index < -0.39 is 7.14 Å². The van der Waals surface area contributed by atoms with E-state index >= 15 is 4.57 Å². The molecule has 0 radical (unpaired) electrons. The van der Waals surface area contributed by atoms with Gasteiger partial charge in [0.25, 0.3) is 0 Å². The van der Waals surface area contributed by atoms with Gasteiger partial charge in [-0.2, -0.15) is 0 Å². The van der Waals surface area contributed by atoms with Crippen molar-refractivity contribution in [3.05, 3.63) is 140 Å². The van der Waals surface area contributed by atoms with Crippen molar-refractivity contribution in [2.24, 2.45) is 0 Å². The fourth-order valence-electron chi connectivity index (χ4n) is 5.79. The molecule has 0 atom stereocenters. The molecule has 0 saturated heterocycles. The summed E-state index contributed by atoms with van der Waals surface area (Å²) in [6.07, 6.45) is 0. The molecular weight excluding hydrogens is 511 g/mol. The minimum atomic E-state index is -3.30. The molecule has 2 heterocycles. The summed E-state index contributed by atoms with van der Waals surface area (Å²) in [4.78, 5) is 0. The van der Waals surface area contributed by atoms with Gasteiger partial charge >= 0.3 is 0 Å². The SMILES string of the molecule is O=P12c3ccc(-c4ccccc4)cc3Oc3cc(-c4ccccc4)cc(c31)Oc1cc(-c3ccccc3)ccc12. The third-order valence-corrected chi connectivity index (χ3v) is 10.9. The molecule has 0 unspecified atom stereocenters. The Hall–Kier alpha value is -4.85. The standard InChI is InChI=1S/C36H23O3P/c37-40-34-18-16-27(24-10-4-1-5-11-24)20-30(34)38-32-22-29(26-14-8-3-9-15-26)23-33(36(32)40)39-31-21-28(17-19-35(31)40)25-12-6-2-7-13-25/h1-23H. The summed E-state index contributed by atoms with van der Waals surface area (Å²) in [6.45, 7) is 0. The Bertz CT molecular complexity index is 1850. The van der Waals surface area contributed by atoms with Gasteiger partial charge in [-0.25, -0.2) is 0 Å². The second kappa shape index (κ2) is 8.84. The molecule has 4 heteroatoms. The van der Waals surface area contributed by atoms with Crippen molar-refractivity contribution in [3.63, 3.8) is 0 Å². The molecule has 8 rings (SSSR count). The van der Waals surface area contributed by atoms with Crippen molar-refractivity contribution in [1.82, 2.24) is 0 Å². The van der Waals surface area contributed by atoms with Crippen LogP contribution >= 0.6 is 7.14 Å². The van der Waals surface area contributed by atoms with E-state index in [1.807, 2.05) is 103 Å². The predicted octanol–water partition coefficient (Wildman–Crippen LogP) is 8.54. The topological polar surface area (TPSA) is 35.5 Å². The molecule has 0 aromatic heterocycles. The Morgan fingerprint density at radius 2 is 0.750 bits per heavy atom. The van der Waals surface area contributed by atoms with Crippen LogP contribution in [0.1, 0.15) is 0 Å². The summed E-state index contributed by atoms with van der Waals surface area (Å²) in [7, 11) is -3.30. The lowest BCUT2D eigenvalue weighted by Gasteiger charge is -2.35. The molecule has 0 saturated carbocycles. The first-order valence-electron chi connectivity index (χ1n) is 13.3. The molecule has 190 valence electrons. The molecular formula is C36H23O3P. The number of hydrogen-bond donors (Lipinski definition) is 0. The average molecular weight is 535 g/mol. The normalized spacial score (nSPS) is 13.7. The highest BCUT2D eigenvalue weighted by Gasteiger charge is 2.46. The van der Waals surface area contributed by atoms with Crippen LogP contribution in [0.2, 0.25) is 0 Å². The van der Waals surface area contributed by atoms with E-state index in [9.17, 15) is 0 Å². The molecule has 0 amide bonds. The second-order valence-electron chi connectivity index (χ2n) is 10.1. The maximum atomic E-state index is 15.5. The van der Waals surface area contributed by atoms with Crippen LogP contribution in [0.4, 0.5) is 0 Å². The Kier molecular flexibility index (Phi) is 5.10. The van der Waals surface area contributed by atoms with Crippen molar-refractivity contribution in [1.29, 1.82) is 0 Å². The smallest absolute Gasteiger partial charge is 0.185 e. The zero-order valence-electron chi connectivity index (χ0n) is 21.5. The third-order valence-electron chi connectivity index (χ3n) is 7.71. The molecule has 0 bridgehead atoms. The van der Waals surface area contributed by atoms with E-state index in [4.69, 9.17) is 9.47 Å². The number of fused-ring (bicyclic) bond motifs is 4. The molecule has 0 spiro atoms. The Balaban J connectivity index is 1.37. The van der Waals surface area contributed by atoms with Crippen molar-refractivity contribution in [2.45, 2.75) is 0 Å². The first kappa shape index (κ1) is 23.1. The highest BCUT2D eigenvalue weighted by molar-refractivity contribution is 7.86. The van der Waals surface area contributed by atoms with Gasteiger partial charge in [-0.15, -0.1) is 0 Å². The van der Waals surface area contributed by atoms with Gasteiger partial charge in [-0.3, -0.25) is 0 Å². The lowest BCUT2D eigenvalue weighted by Crippen LogP contribution is -2.35. The van der Waals surface area contributed by atoms with Crippen LogP contribution in [0.15, 0.2) is 140 Å².